The molecule has 2 aromatic heterocycles. The van der Waals surface area contributed by atoms with Crippen LogP contribution in [0.5, 0.6) is 0 Å². The van der Waals surface area contributed by atoms with E-state index in [1.54, 1.807) is 26.7 Å². The van der Waals surface area contributed by atoms with E-state index < -0.39 is 5.79 Å². The Kier molecular flexibility index (Phi) is 3.39. The van der Waals surface area contributed by atoms with Crippen molar-refractivity contribution in [3.05, 3.63) is 48.3 Å². The van der Waals surface area contributed by atoms with Crippen LogP contribution in [-0.2, 0) is 9.47 Å². The molecule has 0 spiro atoms. The number of furan rings is 2. The van der Waals surface area contributed by atoms with Gasteiger partial charge in [-0.1, -0.05) is 6.42 Å². The van der Waals surface area contributed by atoms with Crippen LogP contribution in [0.1, 0.15) is 42.6 Å². The lowest BCUT2D eigenvalue weighted by atomic mass is 9.87. The Morgan fingerprint density at radius 1 is 0.909 bits per heavy atom. The lowest BCUT2D eigenvalue weighted by molar-refractivity contribution is -0.231. The second kappa shape index (κ2) is 5.28. The minimum absolute atomic E-state index is 0.0973. The van der Waals surface area contributed by atoms with Crippen LogP contribution in [0.2, 0.25) is 0 Å². The van der Waals surface area contributed by atoms with E-state index in [1.807, 2.05) is 24.3 Å². The highest BCUT2D eigenvalue weighted by atomic mass is 16.7. The number of fused-ring (bicyclic) bond motifs is 1. The molecule has 2 aromatic rings. The summed E-state index contributed by atoms with van der Waals surface area (Å²) in [6.45, 7) is 0. The van der Waals surface area contributed by atoms with Gasteiger partial charge in [0.05, 0.1) is 24.4 Å². The summed E-state index contributed by atoms with van der Waals surface area (Å²) in [5.74, 6) is 2.37. The Hall–Kier alpha value is -1.52. The lowest BCUT2D eigenvalue weighted by Crippen LogP contribution is -2.43. The van der Waals surface area contributed by atoms with Crippen LogP contribution in [-0.4, -0.2) is 20.0 Å². The maximum atomic E-state index is 6.01. The van der Waals surface area contributed by atoms with Gasteiger partial charge in [0.1, 0.15) is 11.5 Å². The fourth-order valence-corrected chi connectivity index (χ4v) is 4.98. The van der Waals surface area contributed by atoms with Crippen molar-refractivity contribution >= 4 is 0 Å². The zero-order valence-corrected chi connectivity index (χ0v) is 13.0. The van der Waals surface area contributed by atoms with E-state index in [9.17, 15) is 0 Å². The number of hydrogen-bond donors (Lipinski definition) is 0. The number of rotatable bonds is 4. The molecule has 4 heteroatoms. The summed E-state index contributed by atoms with van der Waals surface area (Å²) in [7, 11) is 3.47. The van der Waals surface area contributed by atoms with Gasteiger partial charge >= 0.3 is 0 Å². The van der Waals surface area contributed by atoms with Crippen LogP contribution in [0.15, 0.2) is 45.6 Å². The maximum absolute atomic E-state index is 6.01. The van der Waals surface area contributed by atoms with Gasteiger partial charge in [0.2, 0.25) is 0 Å². The minimum Gasteiger partial charge on any atom is -0.469 e. The van der Waals surface area contributed by atoms with Crippen LogP contribution in [0.3, 0.4) is 0 Å². The SMILES string of the molecule is COC1(OC)C(c2ccco2)C2CCCC2C1c1ccco1. The van der Waals surface area contributed by atoms with Gasteiger partial charge in [-0.05, 0) is 48.9 Å². The summed E-state index contributed by atoms with van der Waals surface area (Å²) in [4.78, 5) is 0. The van der Waals surface area contributed by atoms with E-state index in [1.165, 1.54) is 19.3 Å². The molecule has 4 nitrogen and oxygen atoms in total. The molecule has 0 aromatic carbocycles. The van der Waals surface area contributed by atoms with E-state index in [0.29, 0.717) is 11.8 Å². The highest BCUT2D eigenvalue weighted by molar-refractivity contribution is 5.27. The molecule has 4 unspecified atom stereocenters. The Balaban J connectivity index is 1.87. The molecule has 22 heavy (non-hydrogen) atoms. The Morgan fingerprint density at radius 3 is 1.77 bits per heavy atom. The zero-order chi connectivity index (χ0) is 15.2. The summed E-state index contributed by atoms with van der Waals surface area (Å²) < 4.78 is 23.5. The summed E-state index contributed by atoms with van der Waals surface area (Å²) in [6, 6.07) is 7.96. The number of methoxy groups -OCH3 is 2. The van der Waals surface area contributed by atoms with Crippen LogP contribution in [0.4, 0.5) is 0 Å². The molecular formula is C18H22O4. The lowest BCUT2D eigenvalue weighted by Gasteiger charge is -2.37. The predicted molar refractivity (Wildman–Crippen MR) is 80.5 cm³/mol. The van der Waals surface area contributed by atoms with Gasteiger partial charge in [-0.15, -0.1) is 0 Å². The molecule has 118 valence electrons. The summed E-state index contributed by atoms with van der Waals surface area (Å²) in [6.07, 6.45) is 7.07. The standard InChI is InChI=1S/C18H22O4/c1-19-18(20-2)16(14-8-4-10-21-14)12-6-3-7-13(12)17(18)15-9-5-11-22-15/h4-5,8-13,16-17H,3,6-7H2,1-2H3. The molecule has 2 fully saturated rings. The van der Waals surface area contributed by atoms with Gasteiger partial charge in [0, 0.05) is 14.2 Å². The van der Waals surface area contributed by atoms with Crippen molar-refractivity contribution in [2.24, 2.45) is 11.8 Å². The van der Waals surface area contributed by atoms with Crippen molar-refractivity contribution in [1.82, 2.24) is 0 Å². The highest BCUT2D eigenvalue weighted by Crippen LogP contribution is 2.64. The van der Waals surface area contributed by atoms with Crippen LogP contribution in [0.25, 0.3) is 0 Å². The van der Waals surface area contributed by atoms with Crippen molar-refractivity contribution in [3.8, 4) is 0 Å². The fraction of sp³-hybridized carbons (Fsp3) is 0.556. The van der Waals surface area contributed by atoms with Gasteiger partial charge in [-0.2, -0.15) is 0 Å². The highest BCUT2D eigenvalue weighted by Gasteiger charge is 2.65. The number of ether oxygens (including phenoxy) is 2. The van der Waals surface area contributed by atoms with Gasteiger partial charge in [0.15, 0.2) is 5.79 Å². The molecular weight excluding hydrogens is 280 g/mol. The molecule has 2 aliphatic carbocycles. The second-order valence-corrected chi connectivity index (χ2v) is 6.37. The first-order valence-corrected chi connectivity index (χ1v) is 7.99. The largest absolute Gasteiger partial charge is 0.469 e. The Labute approximate surface area is 130 Å². The minimum atomic E-state index is -0.731. The molecule has 4 atom stereocenters. The summed E-state index contributed by atoms with van der Waals surface area (Å²) >= 11 is 0. The third kappa shape index (κ3) is 1.77. The first-order chi connectivity index (χ1) is 10.8. The summed E-state index contributed by atoms with van der Waals surface area (Å²) in [5, 5.41) is 0. The second-order valence-electron chi connectivity index (χ2n) is 6.37. The molecule has 0 amide bonds. The molecule has 0 bridgehead atoms. The molecule has 0 saturated heterocycles. The molecule has 2 aliphatic rings. The fourth-order valence-electron chi connectivity index (χ4n) is 4.98. The smallest absolute Gasteiger partial charge is 0.187 e. The van der Waals surface area contributed by atoms with E-state index in [-0.39, 0.29) is 11.8 Å². The topological polar surface area (TPSA) is 44.7 Å². The van der Waals surface area contributed by atoms with Crippen LogP contribution < -0.4 is 0 Å². The molecule has 2 heterocycles. The van der Waals surface area contributed by atoms with E-state index >= 15 is 0 Å². The van der Waals surface area contributed by atoms with E-state index in [2.05, 4.69) is 0 Å². The Bertz CT molecular complexity index is 547. The van der Waals surface area contributed by atoms with Crippen molar-refractivity contribution < 1.29 is 18.3 Å². The van der Waals surface area contributed by atoms with Crippen molar-refractivity contribution in [2.45, 2.75) is 36.9 Å². The average Bonchev–Trinajstić information content (AvgIpc) is 3.29. The first kappa shape index (κ1) is 14.1. The van der Waals surface area contributed by atoms with Crippen molar-refractivity contribution in [3.63, 3.8) is 0 Å². The zero-order valence-electron chi connectivity index (χ0n) is 13.0. The van der Waals surface area contributed by atoms with Gasteiger partial charge in [-0.3, -0.25) is 0 Å². The maximum Gasteiger partial charge on any atom is 0.187 e. The normalized spacial score (nSPS) is 33.2. The first-order valence-electron chi connectivity index (χ1n) is 7.99. The van der Waals surface area contributed by atoms with Crippen LogP contribution in [0, 0.1) is 11.8 Å². The van der Waals surface area contributed by atoms with E-state index in [4.69, 9.17) is 18.3 Å². The van der Waals surface area contributed by atoms with Crippen LogP contribution >= 0.6 is 0 Å². The molecule has 0 aliphatic heterocycles. The third-order valence-corrected chi connectivity index (χ3v) is 5.69. The quantitative estimate of drug-likeness (QED) is 0.796. The van der Waals surface area contributed by atoms with E-state index in [0.717, 1.165) is 11.5 Å². The molecule has 2 saturated carbocycles. The van der Waals surface area contributed by atoms with Gasteiger partial charge in [-0.25, -0.2) is 0 Å². The third-order valence-electron chi connectivity index (χ3n) is 5.69. The molecule has 0 radical (unpaired) electrons. The summed E-state index contributed by atoms with van der Waals surface area (Å²) in [5.41, 5.74) is 0. The van der Waals surface area contributed by atoms with Crippen molar-refractivity contribution in [2.75, 3.05) is 14.2 Å². The van der Waals surface area contributed by atoms with Crippen molar-refractivity contribution in [1.29, 1.82) is 0 Å². The van der Waals surface area contributed by atoms with Gasteiger partial charge < -0.3 is 18.3 Å². The monoisotopic (exact) mass is 302 g/mol. The van der Waals surface area contributed by atoms with Gasteiger partial charge in [0.25, 0.3) is 0 Å². The Morgan fingerprint density at radius 2 is 1.41 bits per heavy atom. The predicted octanol–water partition coefficient (Wildman–Crippen LogP) is 4.16. The molecule has 4 rings (SSSR count). The molecule has 0 N–H and O–H groups in total. The number of hydrogen-bond acceptors (Lipinski definition) is 4. The average molecular weight is 302 g/mol.